The Labute approximate surface area is 168 Å². The van der Waals surface area contributed by atoms with Crippen LogP contribution in [-0.4, -0.2) is 16.0 Å². The second kappa shape index (κ2) is 8.35. The molecule has 0 saturated carbocycles. The minimum Gasteiger partial charge on any atom is -0.332 e. The fraction of sp³-hybridized carbons (Fsp3) is 0.0417. The van der Waals surface area contributed by atoms with Gasteiger partial charge in [0.15, 0.2) is 0 Å². The largest absolute Gasteiger partial charge is 0.332 e. The van der Waals surface area contributed by atoms with Crippen molar-refractivity contribution in [2.75, 3.05) is 0 Å². The second-order valence-electron chi connectivity index (χ2n) is 6.58. The summed E-state index contributed by atoms with van der Waals surface area (Å²) < 4.78 is 5.48. The quantitative estimate of drug-likeness (QED) is 0.530. The molecule has 0 aliphatic rings. The van der Waals surface area contributed by atoms with Crippen LogP contribution in [0.5, 0.6) is 0 Å². The summed E-state index contributed by atoms with van der Waals surface area (Å²) in [6, 6.07) is 26.5. The van der Waals surface area contributed by atoms with Crippen LogP contribution in [0.15, 0.2) is 89.5 Å². The van der Waals surface area contributed by atoms with E-state index in [-0.39, 0.29) is 11.8 Å². The Balaban J connectivity index is 1.68. The lowest BCUT2D eigenvalue weighted by atomic mass is 10.1. The van der Waals surface area contributed by atoms with E-state index in [1.165, 1.54) is 0 Å². The summed E-state index contributed by atoms with van der Waals surface area (Å²) >= 11 is 0. The molecule has 4 rings (SSSR count). The van der Waals surface area contributed by atoms with E-state index in [1.54, 1.807) is 12.1 Å². The van der Waals surface area contributed by atoms with Crippen molar-refractivity contribution in [3.8, 4) is 11.4 Å². The van der Waals surface area contributed by atoms with Crippen molar-refractivity contribution in [2.24, 2.45) is 0 Å². The SMILES string of the molecule is Cc1ccc(-c2noc(/C(=C/c3ccccc3)NC(=O)c3ccccc3)n2)cc1. The van der Waals surface area contributed by atoms with Crippen LogP contribution in [0.1, 0.15) is 27.4 Å². The Morgan fingerprint density at radius 2 is 1.55 bits per heavy atom. The van der Waals surface area contributed by atoms with Crippen molar-refractivity contribution in [2.45, 2.75) is 6.92 Å². The summed E-state index contributed by atoms with van der Waals surface area (Å²) in [6.45, 7) is 2.02. The van der Waals surface area contributed by atoms with E-state index in [0.29, 0.717) is 17.1 Å². The average Bonchev–Trinajstić information content (AvgIpc) is 3.25. The molecule has 0 bridgehead atoms. The number of nitrogens with zero attached hydrogens (tertiary/aromatic N) is 2. The highest BCUT2D eigenvalue weighted by Crippen LogP contribution is 2.21. The molecule has 1 heterocycles. The molecule has 3 aromatic carbocycles. The molecule has 5 heteroatoms. The van der Waals surface area contributed by atoms with E-state index in [1.807, 2.05) is 85.8 Å². The van der Waals surface area contributed by atoms with E-state index >= 15 is 0 Å². The highest BCUT2D eigenvalue weighted by molar-refractivity contribution is 6.01. The first-order valence-electron chi connectivity index (χ1n) is 9.23. The Kier molecular flexibility index (Phi) is 5.29. The van der Waals surface area contributed by atoms with Crippen molar-refractivity contribution < 1.29 is 9.32 Å². The predicted molar refractivity (Wildman–Crippen MR) is 113 cm³/mol. The van der Waals surface area contributed by atoms with Gasteiger partial charge in [-0.25, -0.2) is 0 Å². The van der Waals surface area contributed by atoms with E-state index < -0.39 is 0 Å². The third-order valence-electron chi connectivity index (χ3n) is 4.36. The molecule has 0 radical (unpaired) electrons. The standard InChI is InChI=1S/C24H19N3O2/c1-17-12-14-19(15-13-17)22-26-24(29-27-22)21(16-18-8-4-2-5-9-18)25-23(28)20-10-6-3-7-11-20/h2-16H,1H3,(H,25,28)/b21-16-. The lowest BCUT2D eigenvalue weighted by Gasteiger charge is -2.06. The molecule has 0 atom stereocenters. The van der Waals surface area contributed by atoms with Gasteiger partial charge in [-0.15, -0.1) is 0 Å². The number of nitrogens with one attached hydrogen (secondary N) is 1. The van der Waals surface area contributed by atoms with Crippen LogP contribution < -0.4 is 5.32 Å². The van der Waals surface area contributed by atoms with E-state index in [2.05, 4.69) is 15.5 Å². The molecule has 4 aromatic rings. The highest BCUT2D eigenvalue weighted by Gasteiger charge is 2.16. The Morgan fingerprint density at radius 3 is 2.24 bits per heavy atom. The number of aromatic nitrogens is 2. The lowest BCUT2D eigenvalue weighted by molar-refractivity contribution is 0.0973. The van der Waals surface area contributed by atoms with Gasteiger partial charge in [0.25, 0.3) is 11.8 Å². The zero-order valence-corrected chi connectivity index (χ0v) is 15.9. The Hall–Kier alpha value is -3.99. The van der Waals surface area contributed by atoms with Gasteiger partial charge < -0.3 is 9.84 Å². The summed E-state index contributed by atoms with van der Waals surface area (Å²) in [6.07, 6.45) is 1.81. The fourth-order valence-electron chi connectivity index (χ4n) is 2.80. The molecule has 0 spiro atoms. The van der Waals surface area contributed by atoms with Gasteiger partial charge in [0.1, 0.15) is 5.70 Å². The summed E-state index contributed by atoms with van der Waals surface area (Å²) in [5, 5.41) is 6.98. The van der Waals surface area contributed by atoms with E-state index in [4.69, 9.17) is 4.52 Å². The summed E-state index contributed by atoms with van der Waals surface area (Å²) in [5.74, 6) is 0.462. The minimum atomic E-state index is -0.247. The Bertz CT molecular complexity index is 1130. The van der Waals surface area contributed by atoms with Crippen LogP contribution in [0.4, 0.5) is 0 Å². The monoisotopic (exact) mass is 381 g/mol. The van der Waals surface area contributed by atoms with Crippen LogP contribution in [0.25, 0.3) is 23.2 Å². The lowest BCUT2D eigenvalue weighted by Crippen LogP contribution is -2.22. The van der Waals surface area contributed by atoms with Crippen molar-refractivity contribution in [3.63, 3.8) is 0 Å². The third kappa shape index (κ3) is 4.47. The Morgan fingerprint density at radius 1 is 0.897 bits per heavy atom. The van der Waals surface area contributed by atoms with E-state index in [0.717, 1.165) is 16.7 Å². The van der Waals surface area contributed by atoms with Gasteiger partial charge in [0.2, 0.25) is 5.82 Å². The first kappa shape index (κ1) is 18.4. The van der Waals surface area contributed by atoms with Crippen molar-refractivity contribution in [1.29, 1.82) is 0 Å². The average molecular weight is 381 g/mol. The maximum Gasteiger partial charge on any atom is 0.274 e. The van der Waals surface area contributed by atoms with Crippen LogP contribution in [0, 0.1) is 6.92 Å². The van der Waals surface area contributed by atoms with Gasteiger partial charge in [-0.05, 0) is 30.7 Å². The van der Waals surface area contributed by atoms with Crippen molar-refractivity contribution in [3.05, 3.63) is 108 Å². The van der Waals surface area contributed by atoms with Crippen molar-refractivity contribution in [1.82, 2.24) is 15.5 Å². The number of amides is 1. The first-order chi connectivity index (χ1) is 14.2. The van der Waals surface area contributed by atoms with Gasteiger partial charge in [-0.3, -0.25) is 4.79 Å². The molecule has 1 aromatic heterocycles. The molecule has 0 fully saturated rings. The summed E-state index contributed by atoms with van der Waals surface area (Å²) in [7, 11) is 0. The molecule has 0 aliphatic heterocycles. The summed E-state index contributed by atoms with van der Waals surface area (Å²) in [5.41, 5.74) is 3.89. The first-order valence-corrected chi connectivity index (χ1v) is 9.23. The second-order valence-corrected chi connectivity index (χ2v) is 6.58. The van der Waals surface area contributed by atoms with E-state index in [9.17, 15) is 4.79 Å². The van der Waals surface area contributed by atoms with Gasteiger partial charge in [-0.2, -0.15) is 4.98 Å². The number of hydrogen-bond acceptors (Lipinski definition) is 4. The fourth-order valence-corrected chi connectivity index (χ4v) is 2.80. The topological polar surface area (TPSA) is 68.0 Å². The van der Waals surface area contributed by atoms with Crippen LogP contribution >= 0.6 is 0 Å². The molecular weight excluding hydrogens is 362 g/mol. The highest BCUT2D eigenvalue weighted by atomic mass is 16.5. The normalized spacial score (nSPS) is 11.3. The molecule has 29 heavy (non-hydrogen) atoms. The molecule has 0 saturated heterocycles. The van der Waals surface area contributed by atoms with Crippen LogP contribution in [0.2, 0.25) is 0 Å². The number of aryl methyl sites for hydroxylation is 1. The number of benzene rings is 3. The van der Waals surface area contributed by atoms with Crippen LogP contribution in [-0.2, 0) is 0 Å². The number of carbonyl (C=O) groups is 1. The maximum absolute atomic E-state index is 12.7. The molecule has 1 amide bonds. The van der Waals surface area contributed by atoms with Gasteiger partial charge in [-0.1, -0.05) is 83.5 Å². The maximum atomic E-state index is 12.7. The molecule has 1 N–H and O–H groups in total. The van der Waals surface area contributed by atoms with Gasteiger partial charge >= 0.3 is 0 Å². The zero-order valence-electron chi connectivity index (χ0n) is 15.9. The zero-order chi connectivity index (χ0) is 20.1. The van der Waals surface area contributed by atoms with Gasteiger partial charge in [0.05, 0.1) is 0 Å². The van der Waals surface area contributed by atoms with Crippen LogP contribution in [0.3, 0.4) is 0 Å². The molecule has 0 unspecified atom stereocenters. The molecule has 142 valence electrons. The third-order valence-corrected chi connectivity index (χ3v) is 4.36. The van der Waals surface area contributed by atoms with Gasteiger partial charge in [0, 0.05) is 11.1 Å². The number of hydrogen-bond donors (Lipinski definition) is 1. The number of carbonyl (C=O) groups excluding carboxylic acids is 1. The van der Waals surface area contributed by atoms with Crippen molar-refractivity contribution >= 4 is 17.7 Å². The smallest absolute Gasteiger partial charge is 0.274 e. The minimum absolute atomic E-state index is 0.244. The molecular formula is C24H19N3O2. The molecule has 0 aliphatic carbocycles. The predicted octanol–water partition coefficient (Wildman–Crippen LogP) is 4.97. The summed E-state index contributed by atoms with van der Waals surface area (Å²) in [4.78, 5) is 17.2. The molecule has 5 nitrogen and oxygen atoms in total. The number of rotatable bonds is 5.